The average molecular weight is 486 g/mol. The molecule has 0 radical (unpaired) electrons. The third-order valence-corrected chi connectivity index (χ3v) is 8.53. The molecule has 1 saturated carbocycles. The molecule has 1 unspecified atom stereocenters. The van der Waals surface area contributed by atoms with Gasteiger partial charge in [-0.15, -0.1) is 0 Å². The molecule has 3 aromatic rings. The van der Waals surface area contributed by atoms with Crippen molar-refractivity contribution in [1.82, 2.24) is 4.90 Å². The van der Waals surface area contributed by atoms with Gasteiger partial charge in [0.25, 0.3) is 0 Å². The van der Waals surface area contributed by atoms with E-state index in [4.69, 9.17) is 4.74 Å². The predicted octanol–water partition coefficient (Wildman–Crippen LogP) is 7.50. The molecule has 4 nitrogen and oxygen atoms in total. The normalized spacial score (nSPS) is 22.4. The van der Waals surface area contributed by atoms with E-state index in [0.717, 1.165) is 63.8 Å². The largest absolute Gasteiger partial charge is 0.490 e. The summed E-state index contributed by atoms with van der Waals surface area (Å²) in [7, 11) is 0. The van der Waals surface area contributed by atoms with Gasteiger partial charge in [-0.3, -0.25) is 9.69 Å². The first-order chi connectivity index (χ1) is 17.5. The molecule has 1 heterocycles. The molecule has 0 aromatic heterocycles. The van der Waals surface area contributed by atoms with E-state index in [1.54, 1.807) is 0 Å². The molecule has 2 fully saturated rings. The average Bonchev–Trinajstić information content (AvgIpc) is 2.92. The first-order valence-electron chi connectivity index (χ1n) is 13.8. The highest BCUT2D eigenvalue weighted by Crippen LogP contribution is 2.43. The Morgan fingerprint density at radius 1 is 0.944 bits per heavy atom. The molecule has 190 valence electrons. The molecule has 0 spiro atoms. The third kappa shape index (κ3) is 5.15. The highest BCUT2D eigenvalue weighted by Gasteiger charge is 2.32. The van der Waals surface area contributed by atoms with Gasteiger partial charge >= 0.3 is 5.97 Å². The fraction of sp³-hybridized carbons (Fsp3) is 0.469. The van der Waals surface area contributed by atoms with Crippen molar-refractivity contribution in [3.8, 4) is 5.75 Å². The molecule has 1 aliphatic carbocycles. The molecule has 1 atom stereocenters. The number of ether oxygens (including phenoxy) is 1. The Kier molecular flexibility index (Phi) is 7.62. The van der Waals surface area contributed by atoms with Crippen LogP contribution >= 0.6 is 0 Å². The van der Waals surface area contributed by atoms with Gasteiger partial charge in [0.2, 0.25) is 0 Å². The van der Waals surface area contributed by atoms with Gasteiger partial charge in [-0.25, -0.2) is 0 Å². The van der Waals surface area contributed by atoms with Gasteiger partial charge in [0.15, 0.2) is 0 Å². The quantitative estimate of drug-likeness (QED) is 0.376. The number of fused-ring (bicyclic) bond motifs is 1. The van der Waals surface area contributed by atoms with Crippen molar-refractivity contribution in [3.63, 3.8) is 0 Å². The lowest BCUT2D eigenvalue weighted by Crippen LogP contribution is -2.39. The topological polar surface area (TPSA) is 49.8 Å². The van der Waals surface area contributed by atoms with Crippen LogP contribution in [-0.2, 0) is 4.79 Å². The molecule has 1 saturated heterocycles. The van der Waals surface area contributed by atoms with Crippen LogP contribution in [0.3, 0.4) is 0 Å². The fourth-order valence-electron chi connectivity index (χ4n) is 6.51. The van der Waals surface area contributed by atoms with Gasteiger partial charge in [-0.05, 0) is 98.8 Å². The van der Waals surface area contributed by atoms with E-state index in [2.05, 4.69) is 79.4 Å². The van der Waals surface area contributed by atoms with Crippen LogP contribution in [0.15, 0.2) is 60.7 Å². The summed E-state index contributed by atoms with van der Waals surface area (Å²) in [4.78, 5) is 14.0. The van der Waals surface area contributed by atoms with Crippen LogP contribution < -0.4 is 4.74 Å². The molecular weight excluding hydrogens is 446 g/mol. The number of aryl methyl sites for hydroxylation is 1. The van der Waals surface area contributed by atoms with Crippen molar-refractivity contribution in [2.75, 3.05) is 13.1 Å². The summed E-state index contributed by atoms with van der Waals surface area (Å²) in [6.07, 6.45) is 7.12. The zero-order chi connectivity index (χ0) is 25.1. The minimum atomic E-state index is -0.654. The minimum Gasteiger partial charge on any atom is -0.490 e. The second-order valence-electron chi connectivity index (χ2n) is 10.7. The van der Waals surface area contributed by atoms with E-state index in [-0.39, 0.29) is 18.1 Å². The third-order valence-electron chi connectivity index (χ3n) is 8.53. The molecule has 4 heteroatoms. The van der Waals surface area contributed by atoms with Gasteiger partial charge in [0, 0.05) is 11.6 Å². The molecule has 1 N–H and O–H groups in total. The summed E-state index contributed by atoms with van der Waals surface area (Å²) in [5, 5.41) is 12.0. The Bertz CT molecular complexity index is 1170. The van der Waals surface area contributed by atoms with E-state index in [1.807, 2.05) is 0 Å². The Hall–Kier alpha value is -2.85. The lowest BCUT2D eigenvalue weighted by atomic mass is 9.82. The fourth-order valence-corrected chi connectivity index (χ4v) is 6.51. The van der Waals surface area contributed by atoms with Gasteiger partial charge in [0.05, 0.1) is 12.0 Å². The van der Waals surface area contributed by atoms with Gasteiger partial charge in [-0.1, -0.05) is 61.5 Å². The number of carboxylic acids is 1. The van der Waals surface area contributed by atoms with Crippen LogP contribution in [0.25, 0.3) is 10.8 Å². The number of piperidine rings is 1. The SMILES string of the molecule is CCC(c1c(OC2CCC(c3ccccc3)CC2)cc(C)c2ccccc12)N1CCC(C(=O)O)CC1. The maximum absolute atomic E-state index is 11.5. The lowest BCUT2D eigenvalue weighted by Gasteiger charge is -2.38. The number of aliphatic carboxylic acids is 1. The predicted molar refractivity (Wildman–Crippen MR) is 146 cm³/mol. The summed E-state index contributed by atoms with van der Waals surface area (Å²) in [5.41, 5.74) is 3.99. The Morgan fingerprint density at radius 2 is 1.58 bits per heavy atom. The van der Waals surface area contributed by atoms with Gasteiger partial charge in [0.1, 0.15) is 5.75 Å². The van der Waals surface area contributed by atoms with Crippen LogP contribution in [0.2, 0.25) is 0 Å². The Morgan fingerprint density at radius 3 is 2.22 bits per heavy atom. The number of nitrogens with zero attached hydrogens (tertiary/aromatic N) is 1. The van der Waals surface area contributed by atoms with Crippen LogP contribution in [0.1, 0.15) is 80.5 Å². The van der Waals surface area contributed by atoms with E-state index in [1.165, 1.54) is 27.5 Å². The molecule has 0 amide bonds. The van der Waals surface area contributed by atoms with Crippen LogP contribution in [0.5, 0.6) is 5.75 Å². The summed E-state index contributed by atoms with van der Waals surface area (Å²) in [6.45, 7) is 6.07. The zero-order valence-corrected chi connectivity index (χ0v) is 21.7. The second-order valence-corrected chi connectivity index (χ2v) is 10.7. The molecule has 5 rings (SSSR count). The molecular formula is C32H39NO3. The van der Waals surface area contributed by atoms with Crippen LogP contribution in [0.4, 0.5) is 0 Å². The summed E-state index contributed by atoms with van der Waals surface area (Å²) in [6, 6.07) is 22.1. The van der Waals surface area contributed by atoms with Crippen molar-refractivity contribution < 1.29 is 14.6 Å². The van der Waals surface area contributed by atoms with Crippen LogP contribution in [0, 0.1) is 12.8 Å². The number of hydrogen-bond donors (Lipinski definition) is 1. The maximum Gasteiger partial charge on any atom is 0.306 e. The number of hydrogen-bond acceptors (Lipinski definition) is 3. The van der Waals surface area contributed by atoms with E-state index in [9.17, 15) is 9.90 Å². The van der Waals surface area contributed by atoms with E-state index < -0.39 is 5.97 Å². The molecule has 1 aliphatic heterocycles. The van der Waals surface area contributed by atoms with Crippen molar-refractivity contribution in [1.29, 1.82) is 0 Å². The number of carboxylic acid groups (broad SMARTS) is 1. The molecule has 3 aromatic carbocycles. The summed E-state index contributed by atoms with van der Waals surface area (Å²) >= 11 is 0. The van der Waals surface area contributed by atoms with Crippen molar-refractivity contribution in [2.45, 2.75) is 76.9 Å². The van der Waals surface area contributed by atoms with Crippen molar-refractivity contribution in [3.05, 3.63) is 77.4 Å². The first kappa shape index (κ1) is 24.8. The van der Waals surface area contributed by atoms with Crippen LogP contribution in [-0.4, -0.2) is 35.2 Å². The molecule has 2 aliphatic rings. The Labute approximate surface area is 215 Å². The van der Waals surface area contributed by atoms with Crippen molar-refractivity contribution >= 4 is 16.7 Å². The Balaban J connectivity index is 1.41. The number of rotatable bonds is 7. The highest BCUT2D eigenvalue weighted by molar-refractivity contribution is 5.91. The molecule has 0 bridgehead atoms. The van der Waals surface area contributed by atoms with E-state index in [0.29, 0.717) is 5.92 Å². The van der Waals surface area contributed by atoms with Crippen molar-refractivity contribution in [2.24, 2.45) is 5.92 Å². The smallest absolute Gasteiger partial charge is 0.306 e. The number of benzene rings is 3. The van der Waals surface area contributed by atoms with Gasteiger partial charge < -0.3 is 9.84 Å². The molecule has 36 heavy (non-hydrogen) atoms. The lowest BCUT2D eigenvalue weighted by molar-refractivity contribution is -0.143. The highest BCUT2D eigenvalue weighted by atomic mass is 16.5. The summed E-state index contributed by atoms with van der Waals surface area (Å²) < 4.78 is 6.87. The number of carbonyl (C=O) groups is 1. The van der Waals surface area contributed by atoms with Gasteiger partial charge in [-0.2, -0.15) is 0 Å². The summed E-state index contributed by atoms with van der Waals surface area (Å²) in [5.74, 6) is 0.784. The maximum atomic E-state index is 11.5. The second kappa shape index (κ2) is 11.0. The standard InChI is InChI=1S/C32H39NO3/c1-3-29(33-19-17-25(18-20-33)32(34)35)31-28-12-8-7-11-27(28)22(2)21-30(31)36-26-15-13-24(14-16-26)23-9-5-4-6-10-23/h4-12,21,24-26,29H,3,13-20H2,1-2H3,(H,34,35). The number of likely N-dealkylation sites (tertiary alicyclic amines) is 1. The zero-order valence-electron chi connectivity index (χ0n) is 21.7. The van der Waals surface area contributed by atoms with E-state index >= 15 is 0 Å². The first-order valence-corrected chi connectivity index (χ1v) is 13.8. The monoisotopic (exact) mass is 485 g/mol. The minimum absolute atomic E-state index is 0.218.